The smallest absolute Gasteiger partial charge is 0.325 e. The Hall–Kier alpha value is -1.91. The number of carbonyl (C=O) groups excluding carboxylic acids is 2. The summed E-state index contributed by atoms with van der Waals surface area (Å²) in [6.45, 7) is 0.150. The number of rotatable bonds is 3. The zero-order chi connectivity index (χ0) is 15.5. The number of carbonyl (C=O) groups is 2. The number of benzene rings is 1. The van der Waals surface area contributed by atoms with Crippen molar-refractivity contribution in [3.05, 3.63) is 34.9 Å². The molecule has 0 N–H and O–H groups in total. The summed E-state index contributed by atoms with van der Waals surface area (Å²) in [7, 11) is 1.29. The molecule has 2 atom stereocenters. The molecule has 2 unspecified atom stereocenters. The average Bonchev–Trinajstić information content (AvgIpc) is 3.42. The van der Waals surface area contributed by atoms with Gasteiger partial charge in [-0.1, -0.05) is 12.1 Å². The van der Waals surface area contributed by atoms with Crippen molar-refractivity contribution < 1.29 is 18.7 Å². The molecule has 4 nitrogen and oxygen atoms in total. The van der Waals surface area contributed by atoms with Gasteiger partial charge in [0.05, 0.1) is 7.11 Å². The molecular formula is C17H18FNO3. The number of amides is 1. The Bertz CT molecular complexity index is 670. The minimum absolute atomic E-state index is 0.117. The van der Waals surface area contributed by atoms with Gasteiger partial charge in [0, 0.05) is 17.5 Å². The van der Waals surface area contributed by atoms with E-state index in [1.54, 1.807) is 0 Å². The first kappa shape index (κ1) is 13.7. The van der Waals surface area contributed by atoms with E-state index in [-0.39, 0.29) is 19.0 Å². The van der Waals surface area contributed by atoms with Gasteiger partial charge in [0.1, 0.15) is 12.7 Å². The summed E-state index contributed by atoms with van der Waals surface area (Å²) in [5.74, 6) is -0.104. The molecule has 5 heteroatoms. The van der Waals surface area contributed by atoms with Crippen LogP contribution in [0.25, 0.3) is 0 Å². The predicted octanol–water partition coefficient (Wildman–Crippen LogP) is 2.17. The first-order valence-electron chi connectivity index (χ1n) is 7.70. The van der Waals surface area contributed by atoms with E-state index in [9.17, 15) is 14.0 Å². The summed E-state index contributed by atoms with van der Waals surface area (Å²) in [6.07, 6.45) is 1.84. The Morgan fingerprint density at radius 3 is 2.77 bits per heavy atom. The molecule has 22 heavy (non-hydrogen) atoms. The summed E-state index contributed by atoms with van der Waals surface area (Å²) in [6, 6.07) is 5.81. The van der Waals surface area contributed by atoms with Crippen LogP contribution in [0.15, 0.2) is 18.2 Å². The standard InChI is InChI=1S/C17H18FNO3/c1-22-15(20)8-19-9-17(7-14(17)18)13-6-11(10-2-3-10)4-5-12(13)16(19)21/h4-6,10,14H,2-3,7-9H2,1H3. The fourth-order valence-electron chi connectivity index (χ4n) is 3.55. The predicted molar refractivity (Wildman–Crippen MR) is 77.5 cm³/mol. The van der Waals surface area contributed by atoms with Crippen LogP contribution in [0, 0.1) is 0 Å². The number of alkyl halides is 1. The lowest BCUT2D eigenvalue weighted by molar-refractivity contribution is -0.141. The minimum Gasteiger partial charge on any atom is -0.468 e. The quantitative estimate of drug-likeness (QED) is 0.804. The van der Waals surface area contributed by atoms with Crippen molar-refractivity contribution in [3.63, 3.8) is 0 Å². The second-order valence-electron chi connectivity index (χ2n) is 6.64. The first-order chi connectivity index (χ1) is 10.5. The van der Waals surface area contributed by atoms with Gasteiger partial charge in [-0.2, -0.15) is 0 Å². The van der Waals surface area contributed by atoms with Crippen LogP contribution in [-0.4, -0.2) is 43.1 Å². The summed E-state index contributed by atoms with van der Waals surface area (Å²) in [5, 5.41) is 0. The maximum Gasteiger partial charge on any atom is 0.325 e. The second kappa shape index (κ2) is 4.54. The van der Waals surface area contributed by atoms with E-state index in [2.05, 4.69) is 4.74 Å². The van der Waals surface area contributed by atoms with Crippen molar-refractivity contribution in [2.75, 3.05) is 20.2 Å². The van der Waals surface area contributed by atoms with Crippen LogP contribution in [0.3, 0.4) is 0 Å². The zero-order valence-electron chi connectivity index (χ0n) is 12.5. The van der Waals surface area contributed by atoms with E-state index in [4.69, 9.17) is 0 Å². The SMILES string of the molecule is COC(=O)CN1CC2(CC2F)c2cc(C3CC3)ccc2C1=O. The molecule has 1 aliphatic heterocycles. The van der Waals surface area contributed by atoms with Gasteiger partial charge in [-0.3, -0.25) is 9.59 Å². The summed E-state index contributed by atoms with van der Waals surface area (Å²) < 4.78 is 18.8. The molecule has 1 heterocycles. The lowest BCUT2D eigenvalue weighted by atomic mass is 9.84. The van der Waals surface area contributed by atoms with Crippen LogP contribution in [0.1, 0.15) is 46.7 Å². The van der Waals surface area contributed by atoms with E-state index < -0.39 is 17.6 Å². The highest BCUT2D eigenvalue weighted by Crippen LogP contribution is 2.55. The van der Waals surface area contributed by atoms with E-state index in [0.29, 0.717) is 17.9 Å². The molecule has 4 rings (SSSR count). The normalized spacial score (nSPS) is 29.5. The maximum atomic E-state index is 14.1. The Morgan fingerprint density at radius 2 is 2.18 bits per heavy atom. The highest BCUT2D eigenvalue weighted by atomic mass is 19.1. The number of halogens is 1. The van der Waals surface area contributed by atoms with Crippen molar-refractivity contribution in [1.82, 2.24) is 4.90 Å². The Balaban J connectivity index is 1.73. The van der Waals surface area contributed by atoms with E-state index in [1.807, 2.05) is 18.2 Å². The monoisotopic (exact) mass is 303 g/mol. The van der Waals surface area contributed by atoms with Gasteiger partial charge in [0.25, 0.3) is 5.91 Å². The molecule has 116 valence electrons. The number of ether oxygens (including phenoxy) is 1. The van der Waals surface area contributed by atoms with Crippen LogP contribution < -0.4 is 0 Å². The van der Waals surface area contributed by atoms with Gasteiger partial charge in [0.15, 0.2) is 0 Å². The van der Waals surface area contributed by atoms with Crippen molar-refractivity contribution in [3.8, 4) is 0 Å². The number of methoxy groups -OCH3 is 1. The lowest BCUT2D eigenvalue weighted by Gasteiger charge is -2.34. The third-order valence-corrected chi connectivity index (χ3v) is 5.15. The van der Waals surface area contributed by atoms with Crippen molar-refractivity contribution in [1.29, 1.82) is 0 Å². The molecule has 2 fully saturated rings. The van der Waals surface area contributed by atoms with Crippen molar-refractivity contribution in [2.24, 2.45) is 0 Å². The van der Waals surface area contributed by atoms with Crippen molar-refractivity contribution >= 4 is 11.9 Å². The maximum absolute atomic E-state index is 14.1. The van der Waals surface area contributed by atoms with Gasteiger partial charge in [-0.25, -0.2) is 4.39 Å². The first-order valence-corrected chi connectivity index (χ1v) is 7.70. The Labute approximate surface area is 128 Å². The molecule has 1 aromatic carbocycles. The van der Waals surface area contributed by atoms with Gasteiger partial charge in [-0.05, 0) is 42.4 Å². The van der Waals surface area contributed by atoms with Gasteiger partial charge in [0.2, 0.25) is 0 Å². The highest BCUT2D eigenvalue weighted by molar-refractivity contribution is 5.99. The number of hydrogen-bond acceptors (Lipinski definition) is 3. The average molecular weight is 303 g/mol. The molecule has 0 aromatic heterocycles. The molecule has 2 aliphatic carbocycles. The number of fused-ring (bicyclic) bond motifs is 2. The van der Waals surface area contributed by atoms with Crippen LogP contribution in [0.4, 0.5) is 4.39 Å². The lowest BCUT2D eigenvalue weighted by Crippen LogP contribution is -2.46. The van der Waals surface area contributed by atoms with Crippen LogP contribution in [0.5, 0.6) is 0 Å². The summed E-state index contributed by atoms with van der Waals surface area (Å²) in [4.78, 5) is 25.5. The van der Waals surface area contributed by atoms with Gasteiger partial charge in [-0.15, -0.1) is 0 Å². The van der Waals surface area contributed by atoms with Gasteiger partial charge >= 0.3 is 5.97 Å². The molecule has 3 aliphatic rings. The molecule has 1 spiro atoms. The third kappa shape index (κ3) is 1.95. The summed E-state index contributed by atoms with van der Waals surface area (Å²) >= 11 is 0. The largest absolute Gasteiger partial charge is 0.468 e. The second-order valence-corrected chi connectivity index (χ2v) is 6.64. The third-order valence-electron chi connectivity index (χ3n) is 5.15. The van der Waals surface area contributed by atoms with E-state index in [0.717, 1.165) is 5.56 Å². The van der Waals surface area contributed by atoms with E-state index >= 15 is 0 Å². The molecule has 0 radical (unpaired) electrons. The molecular weight excluding hydrogens is 285 g/mol. The fourth-order valence-corrected chi connectivity index (χ4v) is 3.55. The molecule has 2 saturated carbocycles. The topological polar surface area (TPSA) is 46.6 Å². The molecule has 1 amide bonds. The van der Waals surface area contributed by atoms with Crippen LogP contribution in [-0.2, 0) is 14.9 Å². The van der Waals surface area contributed by atoms with Crippen molar-refractivity contribution in [2.45, 2.75) is 36.8 Å². The number of esters is 1. The van der Waals surface area contributed by atoms with Gasteiger partial charge < -0.3 is 9.64 Å². The highest BCUT2D eigenvalue weighted by Gasteiger charge is 2.61. The Kier molecular flexibility index (Phi) is 2.83. The molecule has 1 aromatic rings. The minimum atomic E-state index is -0.936. The van der Waals surface area contributed by atoms with Crippen LogP contribution in [0.2, 0.25) is 0 Å². The Morgan fingerprint density at radius 1 is 1.45 bits per heavy atom. The molecule has 0 bridgehead atoms. The summed E-state index contributed by atoms with van der Waals surface area (Å²) in [5.41, 5.74) is 1.99. The fraction of sp³-hybridized carbons (Fsp3) is 0.529. The molecule has 0 saturated heterocycles. The van der Waals surface area contributed by atoms with Crippen LogP contribution >= 0.6 is 0 Å². The zero-order valence-corrected chi connectivity index (χ0v) is 12.5. The number of nitrogens with zero attached hydrogens (tertiary/aromatic N) is 1. The number of hydrogen-bond donors (Lipinski definition) is 0. The van der Waals surface area contributed by atoms with E-state index in [1.165, 1.54) is 30.4 Å².